The van der Waals surface area contributed by atoms with E-state index in [-0.39, 0.29) is 37.9 Å². The van der Waals surface area contributed by atoms with E-state index in [0.29, 0.717) is 0 Å². The van der Waals surface area contributed by atoms with Crippen LogP contribution in [0.25, 0.3) is 0 Å². The standard InChI is InChI=1S/C8H7F3IS/c1-12-6-3-2-4-7(5-6)13-8(9,10)11/h2-5H,1H3/q-1. The van der Waals surface area contributed by atoms with Crippen molar-refractivity contribution in [2.45, 2.75) is 10.4 Å². The molecule has 0 aromatic heterocycles. The van der Waals surface area contributed by atoms with Crippen LogP contribution in [0, 0.1) is 3.57 Å². The summed E-state index contributed by atoms with van der Waals surface area (Å²) in [5, 5.41) is 0. The number of hydrogen-bond donors (Lipinski definition) is 0. The first-order valence-corrected chi connectivity index (χ1v) is 7.42. The zero-order valence-corrected chi connectivity index (χ0v) is 9.70. The summed E-state index contributed by atoms with van der Waals surface area (Å²) < 4.78 is 36.9. The molecule has 0 amide bonds. The van der Waals surface area contributed by atoms with Gasteiger partial charge in [0.15, 0.2) is 0 Å². The van der Waals surface area contributed by atoms with Gasteiger partial charge < -0.3 is 0 Å². The predicted molar refractivity (Wildman–Crippen MR) is 43.0 cm³/mol. The quantitative estimate of drug-likeness (QED) is 0.426. The minimum atomic E-state index is -4.18. The van der Waals surface area contributed by atoms with E-state index < -0.39 is 5.51 Å². The van der Waals surface area contributed by atoms with Gasteiger partial charge in [-0.2, -0.15) is 0 Å². The molecule has 13 heavy (non-hydrogen) atoms. The summed E-state index contributed by atoms with van der Waals surface area (Å²) in [6.07, 6.45) is 0. The molecule has 1 aromatic carbocycles. The van der Waals surface area contributed by atoms with Gasteiger partial charge in [-0.25, -0.2) is 0 Å². The van der Waals surface area contributed by atoms with Crippen LogP contribution in [0.4, 0.5) is 13.2 Å². The second-order valence-corrected chi connectivity index (χ2v) is 5.66. The molecule has 0 saturated carbocycles. The maximum absolute atomic E-state index is 11.9. The molecule has 1 rings (SSSR count). The molecule has 5 heteroatoms. The molecule has 0 heterocycles. The molecule has 0 unspecified atom stereocenters. The summed E-state index contributed by atoms with van der Waals surface area (Å²) >= 11 is -0.183. The van der Waals surface area contributed by atoms with Crippen molar-refractivity contribution in [2.75, 3.05) is 4.93 Å². The van der Waals surface area contributed by atoms with Gasteiger partial charge in [-0.3, -0.25) is 0 Å². The third-order valence-electron chi connectivity index (χ3n) is 1.25. The fourth-order valence-corrected chi connectivity index (χ4v) is 2.81. The molecular formula is C8H7F3IS-. The Morgan fingerprint density at radius 1 is 1.31 bits per heavy atom. The SMILES string of the molecule is C[I-]c1cccc(SC(F)(F)F)c1. The van der Waals surface area contributed by atoms with Crippen LogP contribution in [-0.2, 0) is 0 Å². The molecule has 0 radical (unpaired) electrons. The monoisotopic (exact) mass is 319 g/mol. The predicted octanol–water partition coefficient (Wildman–Crippen LogP) is 0.187. The summed E-state index contributed by atoms with van der Waals surface area (Å²) in [5.41, 5.74) is -4.18. The second kappa shape index (κ2) is 4.54. The Morgan fingerprint density at radius 2 is 2.00 bits per heavy atom. The van der Waals surface area contributed by atoms with Gasteiger partial charge in [-0.15, -0.1) is 0 Å². The van der Waals surface area contributed by atoms with E-state index in [1.807, 2.05) is 11.0 Å². The van der Waals surface area contributed by atoms with E-state index >= 15 is 0 Å². The van der Waals surface area contributed by atoms with Gasteiger partial charge in [0, 0.05) is 0 Å². The van der Waals surface area contributed by atoms with Crippen molar-refractivity contribution in [1.29, 1.82) is 0 Å². The fourth-order valence-electron chi connectivity index (χ4n) is 0.782. The van der Waals surface area contributed by atoms with Crippen LogP contribution in [0.1, 0.15) is 0 Å². The van der Waals surface area contributed by atoms with Crippen LogP contribution in [0.2, 0.25) is 0 Å². The molecule has 0 aliphatic rings. The first-order valence-electron chi connectivity index (χ1n) is 3.36. The van der Waals surface area contributed by atoms with Gasteiger partial charge in [-0.05, 0) is 0 Å². The first-order chi connectivity index (χ1) is 6.01. The van der Waals surface area contributed by atoms with E-state index in [4.69, 9.17) is 0 Å². The number of halogens is 4. The van der Waals surface area contributed by atoms with Crippen molar-refractivity contribution in [3.63, 3.8) is 0 Å². The topological polar surface area (TPSA) is 0 Å². The molecule has 0 bridgehead atoms. The van der Waals surface area contributed by atoms with Crippen molar-refractivity contribution >= 4 is 11.8 Å². The van der Waals surface area contributed by atoms with Gasteiger partial charge >= 0.3 is 89.3 Å². The second-order valence-electron chi connectivity index (χ2n) is 2.19. The third kappa shape index (κ3) is 4.21. The van der Waals surface area contributed by atoms with E-state index in [1.54, 1.807) is 12.1 Å². The summed E-state index contributed by atoms with van der Waals surface area (Å²) in [5.74, 6) is 0. The van der Waals surface area contributed by atoms with E-state index in [2.05, 4.69) is 0 Å². The molecule has 74 valence electrons. The maximum atomic E-state index is 11.9. The Bertz CT molecular complexity index is 285. The van der Waals surface area contributed by atoms with Crippen molar-refractivity contribution in [3.05, 3.63) is 27.8 Å². The molecule has 0 fully saturated rings. The first kappa shape index (κ1) is 11.2. The molecule has 0 aliphatic carbocycles. The summed E-state index contributed by atoms with van der Waals surface area (Å²) in [6, 6.07) is 6.65. The van der Waals surface area contributed by atoms with Crippen LogP contribution in [0.3, 0.4) is 0 Å². The number of benzene rings is 1. The van der Waals surface area contributed by atoms with E-state index in [0.717, 1.165) is 3.57 Å². The Balaban J connectivity index is 2.78. The van der Waals surface area contributed by atoms with Crippen LogP contribution in [0.15, 0.2) is 29.2 Å². The summed E-state index contributed by atoms with van der Waals surface area (Å²) in [6.45, 7) is 0. The zero-order chi connectivity index (χ0) is 9.90. The molecule has 0 spiro atoms. The Morgan fingerprint density at radius 3 is 2.54 bits per heavy atom. The normalized spacial score (nSPS) is 12.0. The molecule has 0 N–H and O–H groups in total. The Labute approximate surface area is 89.2 Å². The van der Waals surface area contributed by atoms with Gasteiger partial charge in [0.05, 0.1) is 0 Å². The summed E-state index contributed by atoms with van der Waals surface area (Å²) in [7, 11) is 0. The van der Waals surface area contributed by atoms with Crippen molar-refractivity contribution in [2.24, 2.45) is 0 Å². The molecule has 1 aromatic rings. The van der Waals surface area contributed by atoms with Gasteiger partial charge in [0.1, 0.15) is 0 Å². The molecule has 0 saturated heterocycles. The Kier molecular flexibility index (Phi) is 3.90. The van der Waals surface area contributed by atoms with E-state index in [9.17, 15) is 13.2 Å². The van der Waals surface area contributed by atoms with Crippen molar-refractivity contribution in [3.8, 4) is 0 Å². The van der Waals surface area contributed by atoms with Gasteiger partial charge in [-0.1, -0.05) is 0 Å². The van der Waals surface area contributed by atoms with Crippen LogP contribution < -0.4 is 21.2 Å². The average molecular weight is 319 g/mol. The number of alkyl halides is 4. The van der Waals surface area contributed by atoms with Crippen molar-refractivity contribution in [1.82, 2.24) is 0 Å². The molecule has 0 atom stereocenters. The van der Waals surface area contributed by atoms with Crippen LogP contribution in [0.5, 0.6) is 0 Å². The molecular weight excluding hydrogens is 312 g/mol. The number of rotatable bonds is 2. The number of hydrogen-bond acceptors (Lipinski definition) is 1. The van der Waals surface area contributed by atoms with Crippen LogP contribution in [-0.4, -0.2) is 10.4 Å². The van der Waals surface area contributed by atoms with Gasteiger partial charge in [0.25, 0.3) is 0 Å². The van der Waals surface area contributed by atoms with Crippen molar-refractivity contribution < 1.29 is 34.4 Å². The number of thioether (sulfide) groups is 1. The van der Waals surface area contributed by atoms with E-state index in [1.165, 1.54) is 6.07 Å². The van der Waals surface area contributed by atoms with Gasteiger partial charge in [0.2, 0.25) is 0 Å². The summed E-state index contributed by atoms with van der Waals surface area (Å²) in [4.78, 5) is 2.31. The van der Waals surface area contributed by atoms with Crippen LogP contribution >= 0.6 is 11.8 Å². The third-order valence-corrected chi connectivity index (χ3v) is 3.89. The Hall–Kier alpha value is 0.0900. The average Bonchev–Trinajstić information content (AvgIpc) is 2.01. The molecule has 0 aliphatic heterocycles. The molecule has 0 nitrogen and oxygen atoms in total. The fraction of sp³-hybridized carbons (Fsp3) is 0.250. The minimum absolute atomic E-state index is 0.0521. The zero-order valence-electron chi connectivity index (χ0n) is 6.73.